The van der Waals surface area contributed by atoms with Crippen LogP contribution in [-0.2, 0) is 11.3 Å². The number of hydrogen-bond acceptors (Lipinski definition) is 5. The lowest BCUT2D eigenvalue weighted by molar-refractivity contribution is -0.389. The lowest BCUT2D eigenvalue weighted by atomic mass is 10.2. The summed E-state index contributed by atoms with van der Waals surface area (Å²) >= 11 is 0. The van der Waals surface area contributed by atoms with Crippen LogP contribution in [0, 0.1) is 10.1 Å². The number of halogens is 1. The van der Waals surface area contributed by atoms with Crippen molar-refractivity contribution in [1.29, 1.82) is 0 Å². The molecule has 1 fully saturated rings. The maximum absolute atomic E-state index is 12.0. The summed E-state index contributed by atoms with van der Waals surface area (Å²) < 4.78 is 1.30. The van der Waals surface area contributed by atoms with Crippen molar-refractivity contribution in [2.24, 2.45) is 0 Å². The van der Waals surface area contributed by atoms with Crippen LogP contribution in [0.5, 0.6) is 0 Å². The van der Waals surface area contributed by atoms with E-state index >= 15 is 0 Å². The number of nitro groups is 1. The summed E-state index contributed by atoms with van der Waals surface area (Å²) in [6, 6.07) is 1.42. The van der Waals surface area contributed by atoms with Gasteiger partial charge < -0.3 is 20.3 Å². The molecule has 2 heterocycles. The minimum atomic E-state index is -0.575. The van der Waals surface area contributed by atoms with Gasteiger partial charge in [0.05, 0.1) is 17.4 Å². The Morgan fingerprint density at radius 3 is 3.00 bits per heavy atom. The van der Waals surface area contributed by atoms with E-state index in [-0.39, 0.29) is 36.7 Å². The Morgan fingerprint density at radius 1 is 1.68 bits per heavy atom. The number of aromatic nitrogens is 2. The van der Waals surface area contributed by atoms with Crippen LogP contribution < -0.4 is 5.32 Å². The van der Waals surface area contributed by atoms with E-state index < -0.39 is 4.92 Å². The molecule has 2 rings (SSSR count). The van der Waals surface area contributed by atoms with Gasteiger partial charge in [0.1, 0.15) is 6.54 Å². The van der Waals surface area contributed by atoms with Gasteiger partial charge in [-0.25, -0.2) is 0 Å². The fourth-order valence-electron chi connectivity index (χ4n) is 1.98. The van der Waals surface area contributed by atoms with Gasteiger partial charge in [0.15, 0.2) is 0 Å². The molecule has 1 N–H and O–H groups in total. The van der Waals surface area contributed by atoms with E-state index in [2.05, 4.69) is 10.4 Å². The molecule has 1 amide bonds. The van der Waals surface area contributed by atoms with Crippen LogP contribution in [0.3, 0.4) is 0 Å². The van der Waals surface area contributed by atoms with Gasteiger partial charge >= 0.3 is 5.82 Å². The second-order valence-corrected chi connectivity index (χ2v) is 4.27. The minimum absolute atomic E-state index is 0. The lowest BCUT2D eigenvalue weighted by Crippen LogP contribution is -2.53. The Kier molecular flexibility index (Phi) is 5.25. The molecule has 1 unspecified atom stereocenters. The quantitative estimate of drug-likeness (QED) is 0.626. The number of carbonyl (C=O) groups excluding carboxylic acids is 1. The first kappa shape index (κ1) is 15.4. The molecule has 0 aliphatic carbocycles. The van der Waals surface area contributed by atoms with Gasteiger partial charge in [0.2, 0.25) is 5.91 Å². The van der Waals surface area contributed by atoms with Crippen molar-refractivity contribution >= 4 is 24.1 Å². The van der Waals surface area contributed by atoms with E-state index in [0.29, 0.717) is 6.54 Å². The van der Waals surface area contributed by atoms with Gasteiger partial charge in [0, 0.05) is 25.7 Å². The molecule has 0 bridgehead atoms. The molecule has 0 saturated carbocycles. The molecule has 9 heteroatoms. The second kappa shape index (κ2) is 6.48. The van der Waals surface area contributed by atoms with Crippen molar-refractivity contribution in [3.05, 3.63) is 22.4 Å². The van der Waals surface area contributed by atoms with Crippen molar-refractivity contribution in [3.8, 4) is 0 Å². The number of amides is 1. The molecule has 1 atom stereocenters. The highest BCUT2D eigenvalue weighted by atomic mass is 35.5. The SMILES string of the molecule is CC1CNCCN1C(=O)Cn1ccc([N+](=O)[O-])n1.Cl. The number of hydrogen-bond donors (Lipinski definition) is 1. The largest absolute Gasteiger partial charge is 0.389 e. The summed E-state index contributed by atoms with van der Waals surface area (Å²) in [4.78, 5) is 23.7. The van der Waals surface area contributed by atoms with Gasteiger partial charge in [-0.05, 0) is 11.8 Å². The zero-order chi connectivity index (χ0) is 13.1. The first-order valence-electron chi connectivity index (χ1n) is 5.76. The maximum Gasteiger partial charge on any atom is 0.389 e. The smallest absolute Gasteiger partial charge is 0.358 e. The van der Waals surface area contributed by atoms with E-state index in [1.54, 1.807) is 4.90 Å². The molecular formula is C10H16ClN5O3. The maximum atomic E-state index is 12.0. The predicted octanol–water partition coefficient (Wildman–Crippen LogP) is 0.0334. The molecule has 0 spiro atoms. The van der Waals surface area contributed by atoms with E-state index in [4.69, 9.17) is 0 Å². The van der Waals surface area contributed by atoms with Crippen molar-refractivity contribution in [2.75, 3.05) is 19.6 Å². The number of nitrogens with zero attached hydrogens (tertiary/aromatic N) is 4. The molecule has 1 aromatic heterocycles. The van der Waals surface area contributed by atoms with Crippen LogP contribution in [0.25, 0.3) is 0 Å². The van der Waals surface area contributed by atoms with Crippen molar-refractivity contribution in [3.63, 3.8) is 0 Å². The minimum Gasteiger partial charge on any atom is -0.358 e. The van der Waals surface area contributed by atoms with Crippen LogP contribution in [0.2, 0.25) is 0 Å². The molecule has 1 aliphatic rings. The number of nitrogens with one attached hydrogen (secondary N) is 1. The highest BCUT2D eigenvalue weighted by Gasteiger charge is 2.24. The average molecular weight is 290 g/mol. The van der Waals surface area contributed by atoms with Crippen LogP contribution in [0.1, 0.15) is 6.92 Å². The highest BCUT2D eigenvalue weighted by molar-refractivity contribution is 5.85. The number of piperazine rings is 1. The first-order chi connectivity index (χ1) is 8.58. The first-order valence-corrected chi connectivity index (χ1v) is 5.76. The van der Waals surface area contributed by atoms with Crippen LogP contribution in [0.4, 0.5) is 5.82 Å². The van der Waals surface area contributed by atoms with Gasteiger partial charge in [-0.2, -0.15) is 4.68 Å². The van der Waals surface area contributed by atoms with Gasteiger partial charge in [-0.1, -0.05) is 0 Å². The van der Waals surface area contributed by atoms with Gasteiger partial charge in [-0.15, -0.1) is 12.4 Å². The Hall–Kier alpha value is -1.67. The zero-order valence-electron chi connectivity index (χ0n) is 10.5. The Morgan fingerprint density at radius 2 is 2.42 bits per heavy atom. The monoisotopic (exact) mass is 289 g/mol. The highest BCUT2D eigenvalue weighted by Crippen LogP contribution is 2.07. The fraction of sp³-hybridized carbons (Fsp3) is 0.600. The van der Waals surface area contributed by atoms with Crippen molar-refractivity contribution in [1.82, 2.24) is 20.0 Å². The zero-order valence-corrected chi connectivity index (χ0v) is 11.3. The van der Waals surface area contributed by atoms with E-state index in [9.17, 15) is 14.9 Å². The molecule has 1 aliphatic heterocycles. The van der Waals surface area contributed by atoms with Gasteiger partial charge in [0.25, 0.3) is 0 Å². The molecule has 1 aromatic rings. The topological polar surface area (TPSA) is 93.3 Å². The molecule has 1 saturated heterocycles. The summed E-state index contributed by atoms with van der Waals surface area (Å²) in [6.45, 7) is 4.21. The molecule has 0 radical (unpaired) electrons. The summed E-state index contributed by atoms with van der Waals surface area (Å²) in [7, 11) is 0. The number of carbonyl (C=O) groups is 1. The lowest BCUT2D eigenvalue weighted by Gasteiger charge is -2.33. The third kappa shape index (κ3) is 3.65. The van der Waals surface area contributed by atoms with E-state index in [0.717, 1.165) is 13.1 Å². The summed E-state index contributed by atoms with van der Waals surface area (Å²) in [5.41, 5.74) is 0. The Bertz CT molecular complexity index is 464. The normalized spacial score (nSPS) is 18.8. The molecule has 8 nitrogen and oxygen atoms in total. The van der Waals surface area contributed by atoms with Gasteiger partial charge in [-0.3, -0.25) is 4.79 Å². The molecular weight excluding hydrogens is 274 g/mol. The van der Waals surface area contributed by atoms with Crippen LogP contribution in [-0.4, -0.2) is 51.2 Å². The molecule has 106 valence electrons. The average Bonchev–Trinajstić information content (AvgIpc) is 2.78. The third-order valence-corrected chi connectivity index (χ3v) is 2.93. The van der Waals surface area contributed by atoms with Crippen LogP contribution in [0.15, 0.2) is 12.3 Å². The summed E-state index contributed by atoms with van der Waals surface area (Å²) in [5.74, 6) is -0.307. The molecule has 0 aromatic carbocycles. The Balaban J connectivity index is 0.00000180. The third-order valence-electron chi connectivity index (χ3n) is 2.93. The summed E-state index contributed by atoms with van der Waals surface area (Å²) in [6.07, 6.45) is 1.45. The predicted molar refractivity (Wildman–Crippen MR) is 70.2 cm³/mol. The van der Waals surface area contributed by atoms with E-state index in [1.807, 2.05) is 6.92 Å². The fourth-order valence-corrected chi connectivity index (χ4v) is 1.98. The Labute approximate surface area is 116 Å². The van der Waals surface area contributed by atoms with Crippen molar-refractivity contribution in [2.45, 2.75) is 19.5 Å². The molecule has 19 heavy (non-hydrogen) atoms. The van der Waals surface area contributed by atoms with E-state index in [1.165, 1.54) is 16.9 Å². The van der Waals surface area contributed by atoms with Crippen LogP contribution >= 0.6 is 12.4 Å². The van der Waals surface area contributed by atoms with Crippen molar-refractivity contribution < 1.29 is 9.72 Å². The second-order valence-electron chi connectivity index (χ2n) is 4.27. The summed E-state index contributed by atoms with van der Waals surface area (Å²) in [5, 5.41) is 17.4. The standard InChI is InChI=1S/C10H15N5O3.ClH/c1-8-6-11-3-5-14(8)10(16)7-13-4-2-9(12-13)15(17)18;/h2,4,8,11H,3,5-7H2,1H3;1H. The number of rotatable bonds is 3.